The molecule has 2 heterocycles. The first kappa shape index (κ1) is 36.8. The molecule has 2 aliphatic carbocycles. The van der Waals surface area contributed by atoms with Crippen molar-refractivity contribution >= 4 is 44.6 Å². The summed E-state index contributed by atoms with van der Waals surface area (Å²) < 4.78 is 4.89. The highest BCUT2D eigenvalue weighted by atomic mass is 15.2. The maximum Gasteiger partial charge on any atom is 0.131 e. The lowest BCUT2D eigenvalue weighted by atomic mass is 9.70. The average Bonchev–Trinajstić information content (AvgIpc) is 4.09. The molecule has 12 aromatic rings. The van der Waals surface area contributed by atoms with Gasteiger partial charge in [0.15, 0.2) is 0 Å². The lowest BCUT2D eigenvalue weighted by Crippen LogP contribution is -2.26. The molecule has 14 rings (SSSR count). The number of hydrogen-bond donors (Lipinski definition) is 0. The second-order valence-electron chi connectivity index (χ2n) is 17.6. The van der Waals surface area contributed by atoms with Crippen LogP contribution in [0.4, 0.5) is 17.1 Å². The monoisotopic (exact) mass is 839 g/mol. The van der Waals surface area contributed by atoms with E-state index >= 15 is 0 Å². The van der Waals surface area contributed by atoms with Gasteiger partial charge in [0, 0.05) is 33.7 Å². The molecule has 308 valence electrons. The summed E-state index contributed by atoms with van der Waals surface area (Å²) in [6.07, 6.45) is 0. The molecule has 0 fully saturated rings. The van der Waals surface area contributed by atoms with Crippen molar-refractivity contribution in [2.45, 2.75) is 5.41 Å². The van der Waals surface area contributed by atoms with Gasteiger partial charge >= 0.3 is 0 Å². The van der Waals surface area contributed by atoms with E-state index in [1.807, 2.05) is 0 Å². The van der Waals surface area contributed by atoms with E-state index in [-0.39, 0.29) is 0 Å². The molecule has 2 aromatic heterocycles. The SMILES string of the molecule is c1ccc(-c2ccc(N(c3ccc(-n4c5ccccc5n5c6ccccc6c(-c6ccccc6)c45)cc3)c3ccc4c(c3)C3(c5ccccc5-c5ccccc53)c3ccccc3-4)cc2)cc1. The van der Waals surface area contributed by atoms with Crippen LogP contribution in [0.5, 0.6) is 0 Å². The predicted molar refractivity (Wildman–Crippen MR) is 274 cm³/mol. The van der Waals surface area contributed by atoms with E-state index in [9.17, 15) is 0 Å². The quantitative estimate of drug-likeness (QED) is 0.163. The van der Waals surface area contributed by atoms with E-state index in [1.165, 1.54) is 83.2 Å². The number of para-hydroxylation sites is 3. The van der Waals surface area contributed by atoms with Crippen LogP contribution in [0, 0.1) is 0 Å². The first-order valence-corrected chi connectivity index (χ1v) is 22.9. The van der Waals surface area contributed by atoms with E-state index in [0.717, 1.165) is 33.9 Å². The zero-order valence-corrected chi connectivity index (χ0v) is 36.0. The third kappa shape index (κ3) is 5.08. The van der Waals surface area contributed by atoms with Gasteiger partial charge in [0.2, 0.25) is 0 Å². The maximum atomic E-state index is 2.48. The largest absolute Gasteiger partial charge is 0.310 e. The van der Waals surface area contributed by atoms with Gasteiger partial charge in [-0.25, -0.2) is 0 Å². The van der Waals surface area contributed by atoms with Crippen LogP contribution in [0.25, 0.3) is 77.8 Å². The van der Waals surface area contributed by atoms with Crippen molar-refractivity contribution in [1.29, 1.82) is 0 Å². The average molecular weight is 840 g/mol. The Balaban J connectivity index is 0.982. The topological polar surface area (TPSA) is 12.6 Å². The molecule has 1 spiro atoms. The summed E-state index contributed by atoms with van der Waals surface area (Å²) in [5.41, 5.74) is 24.0. The Hall–Kier alpha value is -8.66. The molecular formula is C63H41N3. The van der Waals surface area contributed by atoms with Crippen molar-refractivity contribution in [1.82, 2.24) is 8.97 Å². The fourth-order valence-corrected chi connectivity index (χ4v) is 11.6. The minimum atomic E-state index is -0.445. The van der Waals surface area contributed by atoms with Gasteiger partial charge in [0.05, 0.1) is 22.0 Å². The van der Waals surface area contributed by atoms with Crippen LogP contribution in [-0.4, -0.2) is 8.97 Å². The molecule has 66 heavy (non-hydrogen) atoms. The molecule has 0 amide bonds. The third-order valence-corrected chi connectivity index (χ3v) is 14.3. The van der Waals surface area contributed by atoms with Crippen LogP contribution in [0.2, 0.25) is 0 Å². The van der Waals surface area contributed by atoms with Crippen LogP contribution in [-0.2, 0) is 5.41 Å². The fourth-order valence-electron chi connectivity index (χ4n) is 11.6. The smallest absolute Gasteiger partial charge is 0.131 e. The molecule has 0 N–H and O–H groups in total. The number of imidazole rings is 1. The van der Waals surface area contributed by atoms with Gasteiger partial charge in [-0.15, -0.1) is 0 Å². The summed E-state index contributed by atoms with van der Waals surface area (Å²) in [6.45, 7) is 0. The van der Waals surface area contributed by atoms with Gasteiger partial charge in [0.1, 0.15) is 5.65 Å². The van der Waals surface area contributed by atoms with Gasteiger partial charge in [0.25, 0.3) is 0 Å². The summed E-state index contributed by atoms with van der Waals surface area (Å²) in [4.78, 5) is 2.44. The zero-order chi connectivity index (χ0) is 43.3. The number of hydrogen-bond acceptors (Lipinski definition) is 1. The summed E-state index contributed by atoms with van der Waals surface area (Å²) in [6, 6.07) is 91.7. The van der Waals surface area contributed by atoms with Crippen LogP contribution in [0.1, 0.15) is 22.3 Å². The molecule has 0 atom stereocenters. The highest BCUT2D eigenvalue weighted by Crippen LogP contribution is 2.63. The highest BCUT2D eigenvalue weighted by molar-refractivity contribution is 6.09. The van der Waals surface area contributed by atoms with Crippen LogP contribution in [0.15, 0.2) is 249 Å². The lowest BCUT2D eigenvalue weighted by molar-refractivity contribution is 0.793. The molecule has 0 aliphatic heterocycles. The summed E-state index contributed by atoms with van der Waals surface area (Å²) >= 11 is 0. The molecule has 0 radical (unpaired) electrons. The molecule has 0 unspecified atom stereocenters. The first-order valence-electron chi connectivity index (χ1n) is 22.9. The van der Waals surface area contributed by atoms with Crippen molar-refractivity contribution in [3.63, 3.8) is 0 Å². The second-order valence-corrected chi connectivity index (χ2v) is 17.6. The predicted octanol–water partition coefficient (Wildman–Crippen LogP) is 16.2. The molecule has 0 saturated carbocycles. The van der Waals surface area contributed by atoms with Gasteiger partial charge < -0.3 is 4.90 Å². The Morgan fingerprint density at radius 3 is 1.39 bits per heavy atom. The Morgan fingerprint density at radius 1 is 0.318 bits per heavy atom. The van der Waals surface area contributed by atoms with E-state index in [4.69, 9.17) is 0 Å². The highest BCUT2D eigenvalue weighted by Gasteiger charge is 2.51. The summed E-state index contributed by atoms with van der Waals surface area (Å²) in [5.74, 6) is 0. The Labute approximate surface area is 383 Å². The second kappa shape index (κ2) is 14.2. The Morgan fingerprint density at radius 2 is 0.773 bits per heavy atom. The normalized spacial score (nSPS) is 13.0. The van der Waals surface area contributed by atoms with Crippen molar-refractivity contribution < 1.29 is 0 Å². The van der Waals surface area contributed by atoms with E-state index in [2.05, 4.69) is 263 Å². The molecule has 3 nitrogen and oxygen atoms in total. The molecule has 10 aromatic carbocycles. The van der Waals surface area contributed by atoms with Crippen molar-refractivity contribution in [2.24, 2.45) is 0 Å². The van der Waals surface area contributed by atoms with Crippen molar-refractivity contribution in [3.05, 3.63) is 271 Å². The molecule has 3 heteroatoms. The molecule has 2 aliphatic rings. The van der Waals surface area contributed by atoms with Gasteiger partial charge in [-0.1, -0.05) is 182 Å². The number of rotatable bonds is 6. The van der Waals surface area contributed by atoms with E-state index in [0.29, 0.717) is 0 Å². The summed E-state index contributed by atoms with van der Waals surface area (Å²) in [5, 5.41) is 1.24. The Kier molecular flexibility index (Phi) is 7.90. The molecular weight excluding hydrogens is 799 g/mol. The number of fused-ring (bicyclic) bond motifs is 15. The van der Waals surface area contributed by atoms with Gasteiger partial charge in [-0.3, -0.25) is 8.97 Å². The number of nitrogens with zero attached hydrogens (tertiary/aromatic N) is 3. The first-order chi connectivity index (χ1) is 32.8. The fraction of sp³-hybridized carbons (Fsp3) is 0.0159. The van der Waals surface area contributed by atoms with E-state index in [1.54, 1.807) is 0 Å². The van der Waals surface area contributed by atoms with Crippen molar-refractivity contribution in [2.75, 3.05) is 4.90 Å². The maximum absolute atomic E-state index is 2.48. The minimum Gasteiger partial charge on any atom is -0.310 e. The number of anilines is 3. The van der Waals surface area contributed by atoms with E-state index < -0.39 is 5.41 Å². The van der Waals surface area contributed by atoms with Gasteiger partial charge in [-0.05, 0) is 128 Å². The summed E-state index contributed by atoms with van der Waals surface area (Å²) in [7, 11) is 0. The number of aromatic nitrogens is 2. The standard InChI is InChI=1S/C63H41N3/c1-3-17-42(18-4-1)43-31-33-45(34-32-43)64(48-39-40-52-51-23-9-13-27-56(51)63(57(52)41-48)54-25-11-7-21-49(54)50-22-8-12-26-55(50)63)46-35-37-47(38-36-46)65-59-29-15-16-30-60(59)66-58-28-14-10-24-53(58)61(62(65)66)44-19-5-2-6-20-44/h1-41H. The van der Waals surface area contributed by atoms with Crippen LogP contribution < -0.4 is 4.90 Å². The van der Waals surface area contributed by atoms with Crippen molar-refractivity contribution in [3.8, 4) is 50.2 Å². The van der Waals surface area contributed by atoms with Gasteiger partial charge in [-0.2, -0.15) is 0 Å². The van der Waals surface area contributed by atoms with Crippen LogP contribution in [0.3, 0.4) is 0 Å². The Bertz CT molecular complexity index is 3790. The molecule has 0 bridgehead atoms. The molecule has 0 saturated heterocycles. The third-order valence-electron chi connectivity index (χ3n) is 14.3. The zero-order valence-electron chi connectivity index (χ0n) is 36.0. The van der Waals surface area contributed by atoms with Crippen LogP contribution >= 0.6 is 0 Å². The lowest BCUT2D eigenvalue weighted by Gasteiger charge is -2.32. The minimum absolute atomic E-state index is 0.445. The number of benzene rings is 10.